The summed E-state index contributed by atoms with van der Waals surface area (Å²) in [5.41, 5.74) is 5.79. The molecule has 8 nitrogen and oxygen atoms in total. The van der Waals surface area contributed by atoms with Crippen LogP contribution in [0.25, 0.3) is 0 Å². The standard InChI is InChI=1S/C12H17N3O5/c1-6(16)14-5-9(17)10(18)8-3-7(12(19)20-2)4-15-11(8)13/h3-4,9-10,17-18H,5H2,1-2H3,(H2,13,15)(H,14,16). The zero-order chi connectivity index (χ0) is 15.3. The molecule has 5 N–H and O–H groups in total. The van der Waals surface area contributed by atoms with E-state index in [4.69, 9.17) is 5.73 Å². The molecule has 1 amide bonds. The lowest BCUT2D eigenvalue weighted by atomic mass is 10.0. The monoisotopic (exact) mass is 283 g/mol. The van der Waals surface area contributed by atoms with Gasteiger partial charge >= 0.3 is 5.97 Å². The van der Waals surface area contributed by atoms with Crippen molar-refractivity contribution < 1.29 is 24.5 Å². The van der Waals surface area contributed by atoms with Crippen LogP contribution in [0.4, 0.5) is 5.82 Å². The van der Waals surface area contributed by atoms with Crippen molar-refractivity contribution in [2.24, 2.45) is 0 Å². The minimum atomic E-state index is -1.39. The minimum absolute atomic E-state index is 0.0213. The summed E-state index contributed by atoms with van der Waals surface area (Å²) in [4.78, 5) is 25.9. The lowest BCUT2D eigenvalue weighted by molar-refractivity contribution is -0.119. The number of esters is 1. The van der Waals surface area contributed by atoms with Crippen molar-refractivity contribution in [2.75, 3.05) is 19.4 Å². The summed E-state index contributed by atoms with van der Waals surface area (Å²) in [5, 5.41) is 22.1. The smallest absolute Gasteiger partial charge is 0.339 e. The molecule has 0 bridgehead atoms. The molecule has 0 radical (unpaired) electrons. The van der Waals surface area contributed by atoms with Gasteiger partial charge in [-0.05, 0) is 6.07 Å². The number of hydrogen-bond donors (Lipinski definition) is 4. The van der Waals surface area contributed by atoms with Crippen LogP contribution in [0.15, 0.2) is 12.3 Å². The van der Waals surface area contributed by atoms with Gasteiger partial charge in [-0.25, -0.2) is 9.78 Å². The molecule has 0 spiro atoms. The van der Waals surface area contributed by atoms with Crippen molar-refractivity contribution in [3.63, 3.8) is 0 Å². The van der Waals surface area contributed by atoms with Gasteiger partial charge in [-0.2, -0.15) is 0 Å². The van der Waals surface area contributed by atoms with E-state index < -0.39 is 18.2 Å². The molecule has 20 heavy (non-hydrogen) atoms. The first-order valence-corrected chi connectivity index (χ1v) is 5.81. The Morgan fingerprint density at radius 2 is 2.15 bits per heavy atom. The fourth-order valence-corrected chi connectivity index (χ4v) is 1.53. The predicted molar refractivity (Wildman–Crippen MR) is 69.6 cm³/mol. The maximum atomic E-state index is 11.4. The number of nitrogens with two attached hydrogens (primary N) is 1. The van der Waals surface area contributed by atoms with E-state index in [0.29, 0.717) is 0 Å². The molecule has 1 rings (SSSR count). The highest BCUT2D eigenvalue weighted by molar-refractivity contribution is 5.89. The molecule has 0 aliphatic heterocycles. The van der Waals surface area contributed by atoms with Gasteiger partial charge in [-0.15, -0.1) is 0 Å². The van der Waals surface area contributed by atoms with Gasteiger partial charge in [-0.1, -0.05) is 0 Å². The van der Waals surface area contributed by atoms with E-state index in [1.165, 1.54) is 26.3 Å². The molecule has 0 fully saturated rings. The van der Waals surface area contributed by atoms with Crippen LogP contribution < -0.4 is 11.1 Å². The minimum Gasteiger partial charge on any atom is -0.465 e. The molecule has 110 valence electrons. The number of nitrogens with one attached hydrogen (secondary N) is 1. The summed E-state index contributed by atoms with van der Waals surface area (Å²) in [6.45, 7) is 1.13. The van der Waals surface area contributed by atoms with Crippen LogP contribution in [0.3, 0.4) is 0 Å². The summed E-state index contributed by atoms with van der Waals surface area (Å²) in [6.07, 6.45) is -1.47. The third-order valence-corrected chi connectivity index (χ3v) is 2.61. The highest BCUT2D eigenvalue weighted by Gasteiger charge is 2.23. The SMILES string of the molecule is COC(=O)c1cnc(N)c(C(O)C(O)CNC(C)=O)c1. The van der Waals surface area contributed by atoms with E-state index in [1.54, 1.807) is 0 Å². The number of carbonyl (C=O) groups excluding carboxylic acids is 2. The van der Waals surface area contributed by atoms with Crippen LogP contribution in [-0.4, -0.2) is 46.8 Å². The van der Waals surface area contributed by atoms with Crippen molar-refractivity contribution in [2.45, 2.75) is 19.1 Å². The molecule has 0 aliphatic rings. The van der Waals surface area contributed by atoms with E-state index in [9.17, 15) is 19.8 Å². The summed E-state index contributed by atoms with van der Waals surface area (Å²) < 4.78 is 4.53. The van der Waals surface area contributed by atoms with Crippen LogP contribution in [-0.2, 0) is 9.53 Å². The first kappa shape index (κ1) is 15.9. The van der Waals surface area contributed by atoms with Crippen LogP contribution in [0.2, 0.25) is 0 Å². The lowest BCUT2D eigenvalue weighted by Crippen LogP contribution is -2.34. The zero-order valence-corrected chi connectivity index (χ0v) is 11.2. The van der Waals surface area contributed by atoms with Gasteiger partial charge < -0.3 is 26.0 Å². The summed E-state index contributed by atoms with van der Waals surface area (Å²) in [5.74, 6) is -1.00. The number of aliphatic hydroxyl groups excluding tert-OH is 2. The summed E-state index contributed by atoms with van der Waals surface area (Å²) in [6, 6.07) is 1.29. The van der Waals surface area contributed by atoms with Crippen molar-refractivity contribution in [1.82, 2.24) is 10.3 Å². The van der Waals surface area contributed by atoms with Crippen LogP contribution in [0, 0.1) is 0 Å². The van der Waals surface area contributed by atoms with E-state index >= 15 is 0 Å². The second-order valence-electron chi connectivity index (χ2n) is 4.14. The number of hydrogen-bond acceptors (Lipinski definition) is 7. The van der Waals surface area contributed by atoms with E-state index in [0.717, 1.165) is 0 Å². The Bertz CT molecular complexity index is 506. The number of amides is 1. The molecule has 1 heterocycles. The molecule has 8 heteroatoms. The molecule has 0 aromatic carbocycles. The van der Waals surface area contributed by atoms with E-state index in [-0.39, 0.29) is 29.4 Å². The van der Waals surface area contributed by atoms with Crippen molar-refractivity contribution in [3.05, 3.63) is 23.4 Å². The Labute approximate surface area is 115 Å². The van der Waals surface area contributed by atoms with Gasteiger partial charge in [0.25, 0.3) is 0 Å². The first-order chi connectivity index (χ1) is 9.36. The Hall–Kier alpha value is -2.19. The van der Waals surface area contributed by atoms with Gasteiger partial charge in [0, 0.05) is 25.2 Å². The molecular formula is C12H17N3O5. The second-order valence-corrected chi connectivity index (χ2v) is 4.14. The molecule has 0 saturated carbocycles. The van der Waals surface area contributed by atoms with Crippen molar-refractivity contribution >= 4 is 17.7 Å². The number of aromatic nitrogens is 1. The Morgan fingerprint density at radius 3 is 2.70 bits per heavy atom. The Morgan fingerprint density at radius 1 is 1.50 bits per heavy atom. The number of carbonyl (C=O) groups is 2. The van der Waals surface area contributed by atoms with Gasteiger partial charge in [0.2, 0.25) is 5.91 Å². The molecule has 1 aromatic heterocycles. The van der Waals surface area contributed by atoms with Crippen LogP contribution in [0.5, 0.6) is 0 Å². The predicted octanol–water partition coefficient (Wildman–Crippen LogP) is -1.02. The summed E-state index contributed by atoms with van der Waals surface area (Å²) >= 11 is 0. The average molecular weight is 283 g/mol. The third kappa shape index (κ3) is 3.90. The topological polar surface area (TPSA) is 135 Å². The molecular weight excluding hydrogens is 266 g/mol. The maximum absolute atomic E-state index is 11.4. The molecule has 2 unspecified atom stereocenters. The van der Waals surface area contributed by atoms with Gasteiger partial charge in [-0.3, -0.25) is 4.79 Å². The average Bonchev–Trinajstić information content (AvgIpc) is 2.43. The number of pyridine rings is 1. The van der Waals surface area contributed by atoms with E-state index in [2.05, 4.69) is 15.0 Å². The number of nitrogen functional groups attached to an aromatic ring is 1. The number of ether oxygens (including phenoxy) is 1. The van der Waals surface area contributed by atoms with Gasteiger partial charge in [0.15, 0.2) is 0 Å². The van der Waals surface area contributed by atoms with Gasteiger partial charge in [0.05, 0.1) is 12.7 Å². The largest absolute Gasteiger partial charge is 0.465 e. The molecule has 0 saturated heterocycles. The molecule has 2 atom stereocenters. The van der Waals surface area contributed by atoms with E-state index in [1.807, 2.05) is 0 Å². The fraction of sp³-hybridized carbons (Fsp3) is 0.417. The fourth-order valence-electron chi connectivity index (χ4n) is 1.53. The third-order valence-electron chi connectivity index (χ3n) is 2.61. The number of aliphatic hydroxyl groups is 2. The number of rotatable bonds is 5. The number of anilines is 1. The molecule has 1 aromatic rings. The first-order valence-electron chi connectivity index (χ1n) is 5.81. The number of nitrogens with zero attached hydrogens (tertiary/aromatic N) is 1. The van der Waals surface area contributed by atoms with Gasteiger partial charge in [0.1, 0.15) is 18.0 Å². The van der Waals surface area contributed by atoms with Crippen molar-refractivity contribution in [1.29, 1.82) is 0 Å². The zero-order valence-electron chi connectivity index (χ0n) is 11.2. The number of methoxy groups -OCH3 is 1. The molecule has 0 aliphatic carbocycles. The highest BCUT2D eigenvalue weighted by atomic mass is 16.5. The Balaban J connectivity index is 2.93. The lowest BCUT2D eigenvalue weighted by Gasteiger charge is -2.19. The van der Waals surface area contributed by atoms with Crippen LogP contribution in [0.1, 0.15) is 28.9 Å². The summed E-state index contributed by atoms with van der Waals surface area (Å²) in [7, 11) is 1.21. The van der Waals surface area contributed by atoms with Crippen LogP contribution >= 0.6 is 0 Å². The quantitative estimate of drug-likeness (QED) is 0.508. The normalized spacial score (nSPS) is 13.4. The highest BCUT2D eigenvalue weighted by Crippen LogP contribution is 2.22. The van der Waals surface area contributed by atoms with Crippen molar-refractivity contribution in [3.8, 4) is 0 Å². The Kier molecular flexibility index (Phi) is 5.42. The maximum Gasteiger partial charge on any atom is 0.339 e. The second kappa shape index (κ2) is 6.83.